The van der Waals surface area contributed by atoms with E-state index < -0.39 is 0 Å². The molecule has 0 saturated heterocycles. The van der Waals surface area contributed by atoms with Crippen LogP contribution in [0, 0.1) is 0 Å². The zero-order valence-electron chi connectivity index (χ0n) is 8.55. The second-order valence-electron chi connectivity index (χ2n) is 3.37. The fourth-order valence-corrected chi connectivity index (χ4v) is 2.60. The van der Waals surface area contributed by atoms with Crippen molar-refractivity contribution in [2.24, 2.45) is 0 Å². The van der Waals surface area contributed by atoms with Gasteiger partial charge in [0.15, 0.2) is 0 Å². The lowest BCUT2D eigenvalue weighted by atomic mass is 10.1. The zero-order valence-corrected chi connectivity index (χ0v) is 9.37. The molecule has 0 aliphatic carbocycles. The van der Waals surface area contributed by atoms with E-state index in [4.69, 9.17) is 4.74 Å². The van der Waals surface area contributed by atoms with Crippen LogP contribution >= 0.6 is 11.3 Å². The molecule has 1 atom stereocenters. The van der Waals surface area contributed by atoms with Crippen molar-refractivity contribution in [3.05, 3.63) is 34.7 Å². The number of carbonyl (C=O) groups is 1. The fourth-order valence-electron chi connectivity index (χ4n) is 1.74. The Kier molecular flexibility index (Phi) is 3.06. The van der Waals surface area contributed by atoms with Gasteiger partial charge in [-0.15, -0.1) is 11.3 Å². The number of allylic oxidation sites excluding steroid dienone is 1. The summed E-state index contributed by atoms with van der Waals surface area (Å²) in [5.74, 6) is 0. The third-order valence-corrected chi connectivity index (χ3v) is 3.44. The summed E-state index contributed by atoms with van der Waals surface area (Å²) < 4.78 is 4.76. The van der Waals surface area contributed by atoms with Crippen molar-refractivity contribution in [2.45, 2.75) is 18.9 Å². The molecule has 15 heavy (non-hydrogen) atoms. The fraction of sp³-hybridized carbons (Fsp3) is 0.364. The van der Waals surface area contributed by atoms with Crippen LogP contribution in [0.25, 0.3) is 0 Å². The average molecular weight is 223 g/mol. The highest BCUT2D eigenvalue weighted by atomic mass is 32.1. The van der Waals surface area contributed by atoms with Crippen LogP contribution < -0.4 is 0 Å². The molecule has 4 heteroatoms. The van der Waals surface area contributed by atoms with Gasteiger partial charge in [0.05, 0.1) is 13.2 Å². The summed E-state index contributed by atoms with van der Waals surface area (Å²) in [5, 5.41) is 2.03. The van der Waals surface area contributed by atoms with E-state index in [1.807, 2.05) is 23.7 Å². The molecule has 1 aliphatic rings. The molecule has 2 heterocycles. The maximum Gasteiger partial charge on any atom is 0.414 e. The average Bonchev–Trinajstić information content (AvgIpc) is 2.81. The van der Waals surface area contributed by atoms with Crippen molar-refractivity contribution in [1.82, 2.24) is 4.90 Å². The van der Waals surface area contributed by atoms with E-state index in [9.17, 15) is 4.79 Å². The van der Waals surface area contributed by atoms with Crippen LogP contribution in [0.2, 0.25) is 0 Å². The van der Waals surface area contributed by atoms with E-state index in [2.05, 4.69) is 6.07 Å². The maximum absolute atomic E-state index is 11.5. The molecular formula is C11H13NO2S. The molecule has 1 aromatic rings. The molecule has 1 aliphatic heterocycles. The summed E-state index contributed by atoms with van der Waals surface area (Å²) in [7, 11) is 1.41. The molecule has 0 fully saturated rings. The smallest absolute Gasteiger partial charge is 0.414 e. The summed E-state index contributed by atoms with van der Waals surface area (Å²) in [6.07, 6.45) is 5.51. The first-order valence-electron chi connectivity index (χ1n) is 4.89. The first-order valence-corrected chi connectivity index (χ1v) is 5.77. The van der Waals surface area contributed by atoms with Gasteiger partial charge in [-0.05, 0) is 24.3 Å². The van der Waals surface area contributed by atoms with Gasteiger partial charge in [-0.2, -0.15) is 0 Å². The Bertz CT molecular complexity index is 359. The molecule has 0 aromatic carbocycles. The molecule has 0 saturated carbocycles. The molecule has 1 amide bonds. The largest absolute Gasteiger partial charge is 0.452 e. The van der Waals surface area contributed by atoms with Crippen molar-refractivity contribution >= 4 is 17.4 Å². The number of hydrogen-bond acceptors (Lipinski definition) is 3. The van der Waals surface area contributed by atoms with Crippen LogP contribution in [-0.4, -0.2) is 18.1 Å². The van der Waals surface area contributed by atoms with Gasteiger partial charge >= 0.3 is 6.09 Å². The van der Waals surface area contributed by atoms with Gasteiger partial charge in [-0.1, -0.05) is 12.1 Å². The Labute approximate surface area is 93.0 Å². The molecule has 0 bridgehead atoms. The molecule has 0 spiro atoms. The lowest BCUT2D eigenvalue weighted by Crippen LogP contribution is -2.31. The topological polar surface area (TPSA) is 29.5 Å². The van der Waals surface area contributed by atoms with E-state index in [-0.39, 0.29) is 12.1 Å². The van der Waals surface area contributed by atoms with Crippen LogP contribution in [0.4, 0.5) is 4.79 Å². The Hall–Kier alpha value is -1.29. The Balaban J connectivity index is 2.22. The normalized spacial score (nSPS) is 20.3. The maximum atomic E-state index is 11.5. The van der Waals surface area contributed by atoms with Crippen LogP contribution in [0.3, 0.4) is 0 Å². The van der Waals surface area contributed by atoms with Gasteiger partial charge < -0.3 is 4.74 Å². The second kappa shape index (κ2) is 4.49. The SMILES string of the molecule is COC(=O)N1C=CCCC1c1cccs1. The number of hydrogen-bond donors (Lipinski definition) is 0. The van der Waals surface area contributed by atoms with Crippen LogP contribution in [0.5, 0.6) is 0 Å². The molecular weight excluding hydrogens is 210 g/mol. The van der Waals surface area contributed by atoms with E-state index >= 15 is 0 Å². The first kappa shape index (κ1) is 10.2. The Morgan fingerprint density at radius 3 is 3.20 bits per heavy atom. The predicted octanol–water partition coefficient (Wildman–Crippen LogP) is 3.17. The number of ether oxygens (including phenoxy) is 1. The molecule has 1 unspecified atom stereocenters. The highest BCUT2D eigenvalue weighted by Gasteiger charge is 2.26. The van der Waals surface area contributed by atoms with Gasteiger partial charge in [0.1, 0.15) is 0 Å². The van der Waals surface area contributed by atoms with Gasteiger partial charge in [-0.25, -0.2) is 4.79 Å². The highest BCUT2D eigenvalue weighted by molar-refractivity contribution is 7.10. The van der Waals surface area contributed by atoms with E-state index in [0.717, 1.165) is 12.8 Å². The number of amides is 1. The minimum atomic E-state index is -0.288. The standard InChI is InChI=1S/C11H13NO2S/c1-14-11(13)12-7-3-2-5-9(12)10-6-4-8-15-10/h3-4,6-9H,2,5H2,1H3. The van der Waals surface area contributed by atoms with E-state index in [0.29, 0.717) is 0 Å². The third-order valence-electron chi connectivity index (χ3n) is 2.47. The summed E-state index contributed by atoms with van der Waals surface area (Å²) in [5.41, 5.74) is 0. The monoisotopic (exact) mass is 223 g/mol. The molecule has 2 rings (SSSR count). The molecule has 80 valence electrons. The molecule has 0 N–H and O–H groups in total. The molecule has 0 radical (unpaired) electrons. The van der Waals surface area contributed by atoms with Gasteiger partial charge in [0.2, 0.25) is 0 Å². The summed E-state index contributed by atoms with van der Waals surface area (Å²) in [4.78, 5) is 14.4. The van der Waals surface area contributed by atoms with Gasteiger partial charge in [0, 0.05) is 11.1 Å². The van der Waals surface area contributed by atoms with Crippen molar-refractivity contribution in [3.63, 3.8) is 0 Å². The first-order chi connectivity index (χ1) is 7.33. The van der Waals surface area contributed by atoms with Gasteiger partial charge in [-0.3, -0.25) is 4.90 Å². The Morgan fingerprint density at radius 2 is 2.53 bits per heavy atom. The number of nitrogens with zero attached hydrogens (tertiary/aromatic N) is 1. The highest BCUT2D eigenvalue weighted by Crippen LogP contribution is 2.32. The quantitative estimate of drug-likeness (QED) is 0.732. The molecule has 3 nitrogen and oxygen atoms in total. The van der Waals surface area contributed by atoms with Crippen molar-refractivity contribution in [1.29, 1.82) is 0 Å². The zero-order chi connectivity index (χ0) is 10.7. The number of methoxy groups -OCH3 is 1. The lowest BCUT2D eigenvalue weighted by molar-refractivity contribution is 0.122. The summed E-state index contributed by atoms with van der Waals surface area (Å²) in [6, 6.07) is 4.21. The lowest BCUT2D eigenvalue weighted by Gasteiger charge is -2.29. The second-order valence-corrected chi connectivity index (χ2v) is 4.35. The van der Waals surface area contributed by atoms with Crippen molar-refractivity contribution in [3.8, 4) is 0 Å². The van der Waals surface area contributed by atoms with Gasteiger partial charge in [0.25, 0.3) is 0 Å². The van der Waals surface area contributed by atoms with E-state index in [1.165, 1.54) is 12.0 Å². The number of carbonyl (C=O) groups excluding carboxylic acids is 1. The van der Waals surface area contributed by atoms with Crippen LogP contribution in [0.1, 0.15) is 23.8 Å². The van der Waals surface area contributed by atoms with Crippen molar-refractivity contribution < 1.29 is 9.53 Å². The summed E-state index contributed by atoms with van der Waals surface area (Å²) >= 11 is 1.68. The summed E-state index contributed by atoms with van der Waals surface area (Å²) in [6.45, 7) is 0. The minimum Gasteiger partial charge on any atom is -0.452 e. The predicted molar refractivity (Wildman–Crippen MR) is 59.7 cm³/mol. The van der Waals surface area contributed by atoms with Crippen molar-refractivity contribution in [2.75, 3.05) is 7.11 Å². The molecule has 1 aromatic heterocycles. The van der Waals surface area contributed by atoms with Crippen LogP contribution in [0.15, 0.2) is 29.8 Å². The van der Waals surface area contributed by atoms with E-state index in [1.54, 1.807) is 16.2 Å². The number of thiophene rings is 1. The van der Waals surface area contributed by atoms with Crippen LogP contribution in [-0.2, 0) is 4.74 Å². The number of rotatable bonds is 1. The Morgan fingerprint density at radius 1 is 1.67 bits per heavy atom. The third kappa shape index (κ3) is 2.04. The minimum absolute atomic E-state index is 0.141.